The Morgan fingerprint density at radius 3 is 2.43 bits per heavy atom. The van der Waals surface area contributed by atoms with Gasteiger partial charge in [0.15, 0.2) is 5.65 Å². The van der Waals surface area contributed by atoms with Gasteiger partial charge in [-0.15, -0.1) is 0 Å². The second-order valence-electron chi connectivity index (χ2n) is 9.12. The third-order valence-corrected chi connectivity index (χ3v) is 6.88. The van der Waals surface area contributed by atoms with E-state index in [1.165, 1.54) is 14.7 Å². The number of nitrogens with one attached hydrogen (secondary N) is 2. The van der Waals surface area contributed by atoms with Crippen LogP contribution in [0, 0.1) is 11.3 Å². The van der Waals surface area contributed by atoms with Crippen LogP contribution < -0.4 is 16.3 Å². The predicted octanol–water partition coefficient (Wildman–Crippen LogP) is 3.14. The monoisotopic (exact) mass is 466 g/mol. The maximum atomic E-state index is 13.4. The van der Waals surface area contributed by atoms with E-state index in [-0.39, 0.29) is 17.0 Å². The number of imidazole rings is 1. The number of hydrogen-bond acceptors (Lipinski definition) is 5. The number of nitriles is 1. The maximum absolute atomic E-state index is 13.4. The van der Waals surface area contributed by atoms with Crippen LogP contribution in [0.1, 0.15) is 35.6 Å². The topological polar surface area (TPSA) is 105 Å². The standard InChI is InChI=1S/C27H26N6O2/c1-32-21-12-13-22(30-24(21)33(2)26(32)35)31-25(34)23(19-6-4-3-5-7-19)29-17-27(14-15-27)20-10-8-18(16-28)9-11-20/h3-13,23,29H,14-15,17H2,1-2H3,(H,30,31,34)/t23-/m0/s1. The van der Waals surface area contributed by atoms with Gasteiger partial charge in [-0.1, -0.05) is 42.5 Å². The number of fused-ring (bicyclic) bond motifs is 1. The fraction of sp³-hybridized carbons (Fsp3) is 0.259. The fourth-order valence-corrected chi connectivity index (χ4v) is 4.56. The lowest BCUT2D eigenvalue weighted by Gasteiger charge is -2.23. The van der Waals surface area contributed by atoms with Crippen molar-refractivity contribution in [3.63, 3.8) is 0 Å². The van der Waals surface area contributed by atoms with Gasteiger partial charge >= 0.3 is 5.69 Å². The first-order valence-electron chi connectivity index (χ1n) is 11.5. The molecule has 2 heterocycles. The van der Waals surface area contributed by atoms with Gasteiger partial charge in [-0.25, -0.2) is 9.78 Å². The van der Waals surface area contributed by atoms with E-state index in [2.05, 4.69) is 21.7 Å². The van der Waals surface area contributed by atoms with Gasteiger partial charge in [0.05, 0.1) is 17.1 Å². The number of hydrogen-bond donors (Lipinski definition) is 2. The largest absolute Gasteiger partial charge is 0.329 e. The lowest BCUT2D eigenvalue weighted by molar-refractivity contribution is -0.118. The van der Waals surface area contributed by atoms with E-state index in [1.54, 1.807) is 26.2 Å². The summed E-state index contributed by atoms with van der Waals surface area (Å²) in [5, 5.41) is 15.5. The summed E-state index contributed by atoms with van der Waals surface area (Å²) < 4.78 is 2.99. The molecule has 1 aliphatic rings. The maximum Gasteiger partial charge on any atom is 0.329 e. The van der Waals surface area contributed by atoms with E-state index in [9.17, 15) is 9.59 Å². The van der Waals surface area contributed by atoms with Crippen molar-refractivity contribution < 1.29 is 4.79 Å². The Bertz CT molecular complexity index is 1490. The Labute approximate surface area is 202 Å². The molecule has 1 fully saturated rings. The molecule has 8 heteroatoms. The third kappa shape index (κ3) is 4.22. The molecular weight excluding hydrogens is 440 g/mol. The van der Waals surface area contributed by atoms with Crippen molar-refractivity contribution in [2.24, 2.45) is 14.1 Å². The van der Waals surface area contributed by atoms with E-state index >= 15 is 0 Å². The Hall–Kier alpha value is -4.22. The van der Waals surface area contributed by atoms with Gasteiger partial charge in [-0.05, 0) is 48.2 Å². The van der Waals surface area contributed by atoms with E-state index < -0.39 is 6.04 Å². The number of aryl methyl sites for hydroxylation is 2. The lowest BCUT2D eigenvalue weighted by Crippen LogP contribution is -2.37. The Balaban J connectivity index is 1.38. The molecule has 2 aromatic carbocycles. The molecule has 1 aliphatic carbocycles. The van der Waals surface area contributed by atoms with Gasteiger partial charge in [0.1, 0.15) is 11.9 Å². The smallest absolute Gasteiger partial charge is 0.309 e. The predicted molar refractivity (Wildman–Crippen MR) is 134 cm³/mol. The van der Waals surface area contributed by atoms with Crippen molar-refractivity contribution in [3.05, 3.63) is 93.9 Å². The van der Waals surface area contributed by atoms with Crippen LogP contribution >= 0.6 is 0 Å². The third-order valence-electron chi connectivity index (χ3n) is 6.88. The highest BCUT2D eigenvalue weighted by Crippen LogP contribution is 2.48. The average molecular weight is 467 g/mol. The summed E-state index contributed by atoms with van der Waals surface area (Å²) >= 11 is 0. The molecule has 1 amide bonds. The first-order chi connectivity index (χ1) is 16.9. The zero-order valence-electron chi connectivity index (χ0n) is 19.7. The minimum absolute atomic E-state index is 0.0409. The van der Waals surface area contributed by atoms with Crippen molar-refractivity contribution in [3.8, 4) is 6.07 Å². The highest BCUT2D eigenvalue weighted by Gasteiger charge is 2.44. The fourth-order valence-electron chi connectivity index (χ4n) is 4.56. The van der Waals surface area contributed by atoms with Crippen LogP contribution in [-0.2, 0) is 24.3 Å². The summed E-state index contributed by atoms with van der Waals surface area (Å²) in [6.45, 7) is 0.630. The lowest BCUT2D eigenvalue weighted by atomic mass is 9.94. The van der Waals surface area contributed by atoms with Crippen LogP contribution in [0.4, 0.5) is 5.82 Å². The molecule has 0 radical (unpaired) electrons. The molecule has 0 unspecified atom stereocenters. The quantitative estimate of drug-likeness (QED) is 0.435. The molecule has 0 spiro atoms. The summed E-state index contributed by atoms with van der Waals surface area (Å²) in [4.78, 5) is 30.2. The summed E-state index contributed by atoms with van der Waals surface area (Å²) in [5.74, 6) is 0.166. The van der Waals surface area contributed by atoms with Crippen molar-refractivity contribution in [1.82, 2.24) is 19.4 Å². The van der Waals surface area contributed by atoms with Gasteiger partial charge in [0, 0.05) is 26.1 Å². The zero-order chi connectivity index (χ0) is 24.6. The molecule has 4 aromatic rings. The second kappa shape index (κ2) is 8.85. The number of nitrogens with zero attached hydrogens (tertiary/aromatic N) is 4. The number of anilines is 1. The molecule has 1 atom stereocenters. The molecule has 35 heavy (non-hydrogen) atoms. The van der Waals surface area contributed by atoms with Gasteiger partial charge < -0.3 is 10.6 Å². The van der Waals surface area contributed by atoms with E-state index in [1.807, 2.05) is 54.6 Å². The van der Waals surface area contributed by atoms with Gasteiger partial charge in [0.25, 0.3) is 0 Å². The summed E-state index contributed by atoms with van der Waals surface area (Å²) in [6.07, 6.45) is 2.05. The van der Waals surface area contributed by atoms with Crippen LogP contribution in [0.25, 0.3) is 11.2 Å². The second-order valence-corrected chi connectivity index (χ2v) is 9.12. The molecule has 5 rings (SSSR count). The van der Waals surface area contributed by atoms with Gasteiger partial charge in [-0.2, -0.15) is 5.26 Å². The highest BCUT2D eigenvalue weighted by molar-refractivity contribution is 5.95. The number of aromatic nitrogens is 3. The number of carbonyl (C=O) groups excluding carboxylic acids is 1. The van der Waals surface area contributed by atoms with Crippen molar-refractivity contribution >= 4 is 22.9 Å². The SMILES string of the molecule is Cn1c(=O)n(C)c2nc(NC(=O)[C@@H](NCC3(c4ccc(C#N)cc4)CC3)c3ccccc3)ccc21. The number of amides is 1. The number of pyridine rings is 1. The van der Waals surface area contributed by atoms with Crippen LogP contribution in [-0.4, -0.2) is 26.6 Å². The normalized spacial score (nSPS) is 14.9. The Morgan fingerprint density at radius 2 is 1.77 bits per heavy atom. The van der Waals surface area contributed by atoms with E-state index in [0.717, 1.165) is 18.4 Å². The highest BCUT2D eigenvalue weighted by atomic mass is 16.2. The first-order valence-corrected chi connectivity index (χ1v) is 11.5. The number of carbonyl (C=O) groups is 1. The van der Waals surface area contributed by atoms with Crippen LogP contribution in [0.5, 0.6) is 0 Å². The molecule has 1 saturated carbocycles. The molecule has 0 saturated heterocycles. The van der Waals surface area contributed by atoms with Crippen molar-refractivity contribution in [2.45, 2.75) is 24.3 Å². The Kier molecular flexibility index (Phi) is 5.71. The summed E-state index contributed by atoms with van der Waals surface area (Å²) in [7, 11) is 3.36. The zero-order valence-corrected chi connectivity index (χ0v) is 19.7. The van der Waals surface area contributed by atoms with E-state index in [0.29, 0.717) is 29.1 Å². The number of rotatable bonds is 7. The molecule has 2 N–H and O–H groups in total. The molecule has 176 valence electrons. The molecule has 0 bridgehead atoms. The summed E-state index contributed by atoms with van der Waals surface area (Å²) in [5.41, 5.74) is 3.67. The molecular formula is C27H26N6O2. The van der Waals surface area contributed by atoms with Crippen LogP contribution in [0.15, 0.2) is 71.5 Å². The minimum Gasteiger partial charge on any atom is -0.309 e. The number of benzene rings is 2. The van der Waals surface area contributed by atoms with Gasteiger partial charge in [0.2, 0.25) is 5.91 Å². The molecule has 0 aliphatic heterocycles. The first kappa shape index (κ1) is 22.6. The van der Waals surface area contributed by atoms with E-state index in [4.69, 9.17) is 5.26 Å². The van der Waals surface area contributed by atoms with Crippen molar-refractivity contribution in [2.75, 3.05) is 11.9 Å². The van der Waals surface area contributed by atoms with Gasteiger partial charge in [-0.3, -0.25) is 13.9 Å². The Morgan fingerprint density at radius 1 is 1.06 bits per heavy atom. The average Bonchev–Trinajstić information content (AvgIpc) is 3.65. The van der Waals surface area contributed by atoms with Crippen LogP contribution in [0.2, 0.25) is 0 Å². The van der Waals surface area contributed by atoms with Crippen LogP contribution in [0.3, 0.4) is 0 Å². The molecule has 8 nitrogen and oxygen atoms in total. The van der Waals surface area contributed by atoms with Crippen molar-refractivity contribution in [1.29, 1.82) is 5.26 Å². The minimum atomic E-state index is -0.579. The summed E-state index contributed by atoms with van der Waals surface area (Å²) in [6, 6.07) is 22.4. The molecule has 2 aromatic heterocycles.